The van der Waals surface area contributed by atoms with E-state index in [2.05, 4.69) is 0 Å². The van der Waals surface area contributed by atoms with Crippen LogP contribution in [0, 0.1) is 20.8 Å². The molecule has 0 radical (unpaired) electrons. The van der Waals surface area contributed by atoms with Gasteiger partial charge in [0.25, 0.3) is 0 Å². The Morgan fingerprint density at radius 2 is 1.65 bits per heavy atom. The minimum Gasteiger partial charge on any atom is -0.507 e. The van der Waals surface area contributed by atoms with Crippen LogP contribution in [0.15, 0.2) is 12.1 Å². The number of hydrogen-bond donors (Lipinski definition) is 3. The molecule has 0 spiro atoms. The maximum Gasteiger partial charge on any atom is 0.342 e. The number of carbonyl (C=O) groups is 1. The molecule has 0 unspecified atom stereocenters. The summed E-state index contributed by atoms with van der Waals surface area (Å²) in [6, 6.07) is 3.24. The van der Waals surface area contributed by atoms with Crippen molar-refractivity contribution in [1.82, 2.24) is 0 Å². The van der Waals surface area contributed by atoms with E-state index < -0.39 is 5.97 Å². The molecule has 2 aromatic rings. The molecule has 7 heteroatoms. The quantitative estimate of drug-likeness (QED) is 0.700. The van der Waals surface area contributed by atoms with E-state index in [9.17, 15) is 20.1 Å². The van der Waals surface area contributed by atoms with Crippen molar-refractivity contribution >= 4 is 5.97 Å². The molecule has 2 rings (SSSR count). The van der Waals surface area contributed by atoms with Gasteiger partial charge >= 0.3 is 5.97 Å². The van der Waals surface area contributed by atoms with Crippen molar-refractivity contribution in [3.05, 3.63) is 39.9 Å². The first-order valence-electron chi connectivity index (χ1n) is 7.85. The Morgan fingerprint density at radius 1 is 1.00 bits per heavy atom. The Bertz CT molecular complexity index is 856. The molecule has 0 amide bonds. The van der Waals surface area contributed by atoms with E-state index in [-0.39, 0.29) is 52.0 Å². The highest BCUT2D eigenvalue weighted by Gasteiger charge is 2.26. The van der Waals surface area contributed by atoms with Crippen LogP contribution in [0.2, 0.25) is 0 Å². The summed E-state index contributed by atoms with van der Waals surface area (Å²) in [4.78, 5) is 12.0. The van der Waals surface area contributed by atoms with E-state index in [1.807, 2.05) is 0 Å². The van der Waals surface area contributed by atoms with Crippen molar-refractivity contribution in [1.29, 1.82) is 0 Å². The van der Waals surface area contributed by atoms with Gasteiger partial charge < -0.3 is 29.5 Å². The zero-order valence-corrected chi connectivity index (χ0v) is 15.3. The molecule has 140 valence electrons. The number of aryl methyl sites for hydroxylation is 1. The number of phenolic OH excluding ortho intramolecular Hbond substituents is 3. The number of hydrogen-bond acceptors (Lipinski definition) is 7. The van der Waals surface area contributed by atoms with E-state index in [1.165, 1.54) is 28.1 Å². The van der Waals surface area contributed by atoms with Crippen molar-refractivity contribution in [2.45, 2.75) is 27.4 Å². The highest BCUT2D eigenvalue weighted by Crippen LogP contribution is 2.45. The van der Waals surface area contributed by atoms with Crippen LogP contribution < -0.4 is 4.74 Å². The van der Waals surface area contributed by atoms with Gasteiger partial charge in [0.1, 0.15) is 22.8 Å². The summed E-state index contributed by atoms with van der Waals surface area (Å²) in [7, 11) is 2.67. The van der Waals surface area contributed by atoms with Gasteiger partial charge in [-0.25, -0.2) is 4.79 Å². The minimum atomic E-state index is -0.753. The molecule has 0 saturated carbocycles. The van der Waals surface area contributed by atoms with Crippen LogP contribution in [-0.4, -0.2) is 35.5 Å². The number of rotatable bonds is 5. The summed E-state index contributed by atoms with van der Waals surface area (Å²) in [6.45, 7) is 4.83. The highest BCUT2D eigenvalue weighted by atomic mass is 16.5. The predicted octanol–water partition coefficient (Wildman–Crippen LogP) is 3.45. The van der Waals surface area contributed by atoms with Crippen molar-refractivity contribution < 1.29 is 34.3 Å². The molecular formula is C19H22O7. The first kappa shape index (κ1) is 19.4. The maximum absolute atomic E-state index is 12.0. The van der Waals surface area contributed by atoms with Gasteiger partial charge in [-0.15, -0.1) is 0 Å². The second-order valence-electron chi connectivity index (χ2n) is 5.94. The fourth-order valence-electron chi connectivity index (χ4n) is 2.67. The fraction of sp³-hybridized carbons (Fsp3) is 0.316. The molecule has 0 saturated heterocycles. The zero-order valence-electron chi connectivity index (χ0n) is 15.3. The average Bonchev–Trinajstić information content (AvgIpc) is 2.59. The van der Waals surface area contributed by atoms with Crippen molar-refractivity contribution in [2.24, 2.45) is 0 Å². The van der Waals surface area contributed by atoms with E-state index in [0.29, 0.717) is 5.56 Å². The largest absolute Gasteiger partial charge is 0.507 e. The Morgan fingerprint density at radius 3 is 2.23 bits per heavy atom. The Kier molecular flexibility index (Phi) is 5.62. The third-order valence-corrected chi connectivity index (χ3v) is 4.10. The standard InChI is InChI=1S/C19H22O7/c1-9-6-13(20)12(8-24-4)14(7-9)26-18-10(2)15(19(23)25-5)16(21)11(3)17(18)22/h6-7,20-22H,8H2,1-5H3. The molecule has 0 aliphatic rings. The number of carbonyl (C=O) groups excluding carboxylic acids is 1. The topological polar surface area (TPSA) is 105 Å². The first-order valence-corrected chi connectivity index (χ1v) is 7.85. The molecule has 0 atom stereocenters. The number of ether oxygens (including phenoxy) is 3. The molecule has 3 N–H and O–H groups in total. The monoisotopic (exact) mass is 362 g/mol. The van der Waals surface area contributed by atoms with Gasteiger partial charge in [-0.2, -0.15) is 0 Å². The number of phenols is 3. The molecule has 0 aromatic heterocycles. The lowest BCUT2D eigenvalue weighted by Gasteiger charge is -2.19. The van der Waals surface area contributed by atoms with Crippen molar-refractivity contribution in [2.75, 3.05) is 14.2 Å². The van der Waals surface area contributed by atoms with Crippen molar-refractivity contribution in [3.63, 3.8) is 0 Å². The number of methoxy groups -OCH3 is 2. The van der Waals surface area contributed by atoms with E-state index in [4.69, 9.17) is 14.2 Å². The predicted molar refractivity (Wildman–Crippen MR) is 94.2 cm³/mol. The van der Waals surface area contributed by atoms with Crippen LogP contribution in [0.1, 0.15) is 32.6 Å². The Labute approximate surface area is 151 Å². The average molecular weight is 362 g/mol. The summed E-state index contributed by atoms with van der Waals surface area (Å²) in [5.41, 5.74) is 1.32. The zero-order chi connectivity index (χ0) is 19.6. The van der Waals surface area contributed by atoms with Gasteiger partial charge in [-0.05, 0) is 38.5 Å². The molecule has 0 fully saturated rings. The van der Waals surface area contributed by atoms with Gasteiger partial charge in [0.15, 0.2) is 11.5 Å². The normalized spacial score (nSPS) is 10.7. The molecule has 0 aliphatic carbocycles. The molecule has 0 aliphatic heterocycles. The first-order chi connectivity index (χ1) is 12.2. The minimum absolute atomic E-state index is 0.0111. The Balaban J connectivity index is 2.68. The van der Waals surface area contributed by atoms with Gasteiger partial charge in [0, 0.05) is 18.2 Å². The Hall–Kier alpha value is -2.93. The summed E-state index contributed by atoms with van der Waals surface area (Å²) in [5, 5.41) is 30.8. The lowest BCUT2D eigenvalue weighted by atomic mass is 10.0. The smallest absolute Gasteiger partial charge is 0.342 e. The maximum atomic E-state index is 12.0. The molecular weight excluding hydrogens is 340 g/mol. The molecule has 7 nitrogen and oxygen atoms in total. The highest BCUT2D eigenvalue weighted by molar-refractivity contribution is 5.96. The van der Waals surface area contributed by atoms with E-state index in [0.717, 1.165) is 5.56 Å². The molecule has 0 heterocycles. The van der Waals surface area contributed by atoms with Crippen molar-refractivity contribution in [3.8, 4) is 28.7 Å². The summed E-state index contributed by atoms with van der Waals surface area (Å²) in [5.74, 6) is -1.19. The number of benzene rings is 2. The second-order valence-corrected chi connectivity index (χ2v) is 5.94. The summed E-state index contributed by atoms with van der Waals surface area (Å²) in [6.07, 6.45) is 0. The summed E-state index contributed by atoms with van der Waals surface area (Å²) < 4.78 is 15.6. The number of esters is 1. The lowest BCUT2D eigenvalue weighted by Crippen LogP contribution is -2.07. The van der Waals surface area contributed by atoms with Crippen LogP contribution in [-0.2, 0) is 16.1 Å². The third kappa shape index (κ3) is 3.39. The molecule has 0 bridgehead atoms. The van der Waals surface area contributed by atoms with E-state index in [1.54, 1.807) is 19.1 Å². The number of aromatic hydroxyl groups is 3. The van der Waals surface area contributed by atoms with Gasteiger partial charge in [-0.1, -0.05) is 0 Å². The lowest BCUT2D eigenvalue weighted by molar-refractivity contribution is 0.0596. The van der Waals surface area contributed by atoms with Gasteiger partial charge in [0.05, 0.1) is 19.3 Å². The van der Waals surface area contributed by atoms with Crippen LogP contribution >= 0.6 is 0 Å². The van der Waals surface area contributed by atoms with Crippen LogP contribution in [0.4, 0.5) is 0 Å². The molecule has 2 aromatic carbocycles. The van der Waals surface area contributed by atoms with Crippen LogP contribution in [0.25, 0.3) is 0 Å². The molecule has 26 heavy (non-hydrogen) atoms. The van der Waals surface area contributed by atoms with Crippen LogP contribution in [0.5, 0.6) is 28.7 Å². The SMILES string of the molecule is COCc1c(O)cc(C)cc1Oc1c(C)c(C(=O)OC)c(O)c(C)c1O. The summed E-state index contributed by atoms with van der Waals surface area (Å²) >= 11 is 0. The van der Waals surface area contributed by atoms with Gasteiger partial charge in [0.2, 0.25) is 0 Å². The van der Waals surface area contributed by atoms with Crippen LogP contribution in [0.3, 0.4) is 0 Å². The second kappa shape index (κ2) is 7.53. The van der Waals surface area contributed by atoms with Gasteiger partial charge in [-0.3, -0.25) is 0 Å². The fourth-order valence-corrected chi connectivity index (χ4v) is 2.67. The van der Waals surface area contributed by atoms with E-state index >= 15 is 0 Å². The third-order valence-electron chi connectivity index (χ3n) is 4.10.